The summed E-state index contributed by atoms with van der Waals surface area (Å²) in [6, 6.07) is 9.85. The highest BCUT2D eigenvalue weighted by atomic mass is 15.3. The molecule has 1 aliphatic rings. The van der Waals surface area contributed by atoms with Crippen LogP contribution in [0.4, 0.5) is 11.6 Å². The van der Waals surface area contributed by atoms with Gasteiger partial charge in [-0.1, -0.05) is 6.07 Å². The number of likely N-dealkylation sites (N-methyl/N-ethyl adjacent to an activating group) is 1. The van der Waals surface area contributed by atoms with Crippen molar-refractivity contribution < 1.29 is 0 Å². The van der Waals surface area contributed by atoms with Gasteiger partial charge in [-0.15, -0.1) is 5.10 Å². The van der Waals surface area contributed by atoms with E-state index in [0.29, 0.717) is 11.5 Å². The van der Waals surface area contributed by atoms with Crippen molar-refractivity contribution >= 4 is 17.3 Å². The number of nitrogens with two attached hydrogens (primary N) is 1. The first-order valence-corrected chi connectivity index (χ1v) is 9.64. The van der Waals surface area contributed by atoms with Crippen LogP contribution in [0.25, 0.3) is 28.0 Å². The Balaban J connectivity index is 1.45. The van der Waals surface area contributed by atoms with Crippen LogP contribution in [0.5, 0.6) is 0 Å². The molecule has 0 unspecified atom stereocenters. The van der Waals surface area contributed by atoms with Gasteiger partial charge in [0.25, 0.3) is 0 Å². The van der Waals surface area contributed by atoms with Crippen molar-refractivity contribution in [1.82, 2.24) is 29.5 Å². The molecule has 0 aromatic carbocycles. The number of piperazine rings is 1. The van der Waals surface area contributed by atoms with Crippen molar-refractivity contribution in [3.05, 3.63) is 55.1 Å². The summed E-state index contributed by atoms with van der Waals surface area (Å²) < 4.78 is 1.71. The maximum absolute atomic E-state index is 6.15. The minimum absolute atomic E-state index is 0.414. The number of nitrogen functional groups attached to an aromatic ring is 1. The molecule has 29 heavy (non-hydrogen) atoms. The van der Waals surface area contributed by atoms with Gasteiger partial charge in [0.15, 0.2) is 11.5 Å². The number of hydrogen-bond acceptors (Lipinski definition) is 7. The van der Waals surface area contributed by atoms with Gasteiger partial charge < -0.3 is 15.5 Å². The van der Waals surface area contributed by atoms with Crippen LogP contribution in [0.1, 0.15) is 0 Å². The molecule has 4 aromatic rings. The largest absolute Gasteiger partial charge is 0.382 e. The summed E-state index contributed by atoms with van der Waals surface area (Å²) in [6.45, 7) is 4.12. The topological polar surface area (TPSA) is 88.5 Å². The second-order valence-corrected chi connectivity index (χ2v) is 7.28. The third-order valence-corrected chi connectivity index (χ3v) is 5.33. The zero-order chi connectivity index (χ0) is 19.8. The van der Waals surface area contributed by atoms with Crippen molar-refractivity contribution in [2.24, 2.45) is 0 Å². The molecular formula is C21H22N8. The lowest BCUT2D eigenvalue weighted by Crippen LogP contribution is -2.44. The van der Waals surface area contributed by atoms with E-state index >= 15 is 0 Å². The van der Waals surface area contributed by atoms with Gasteiger partial charge in [0.05, 0.1) is 11.3 Å². The van der Waals surface area contributed by atoms with Gasteiger partial charge in [-0.25, -0.2) is 14.5 Å². The Labute approximate surface area is 168 Å². The number of aromatic nitrogens is 5. The standard InChI is InChI=1S/C21H22N8/c1-27-8-10-28(11-9-27)18-6-5-15(12-24-18)16-13-25-21-19(17-4-2-3-7-23-17)20(22)26-29(21)14-16/h2-7,12-14H,8-11H2,1H3,(H2,22,26). The van der Waals surface area contributed by atoms with E-state index in [1.165, 1.54) is 0 Å². The van der Waals surface area contributed by atoms with Gasteiger partial charge in [-0.3, -0.25) is 4.98 Å². The van der Waals surface area contributed by atoms with E-state index in [1.54, 1.807) is 10.7 Å². The van der Waals surface area contributed by atoms with Crippen molar-refractivity contribution in [3.63, 3.8) is 0 Å². The monoisotopic (exact) mass is 386 g/mol. The molecule has 0 atom stereocenters. The third kappa shape index (κ3) is 3.27. The predicted molar refractivity (Wildman–Crippen MR) is 114 cm³/mol. The van der Waals surface area contributed by atoms with Gasteiger partial charge in [0.1, 0.15) is 5.82 Å². The fourth-order valence-corrected chi connectivity index (χ4v) is 3.64. The first-order chi connectivity index (χ1) is 14.2. The number of rotatable bonds is 3. The summed E-state index contributed by atoms with van der Waals surface area (Å²) in [6.07, 6.45) is 7.39. The average molecular weight is 386 g/mol. The lowest BCUT2D eigenvalue weighted by Gasteiger charge is -2.33. The number of hydrogen-bond donors (Lipinski definition) is 1. The van der Waals surface area contributed by atoms with Crippen LogP contribution in [0.3, 0.4) is 0 Å². The molecule has 0 radical (unpaired) electrons. The lowest BCUT2D eigenvalue weighted by atomic mass is 10.1. The molecule has 1 fully saturated rings. The Morgan fingerprint density at radius 1 is 0.897 bits per heavy atom. The second kappa shape index (κ2) is 7.14. The van der Waals surface area contributed by atoms with Crippen LogP contribution in [0.2, 0.25) is 0 Å². The van der Waals surface area contributed by atoms with E-state index in [-0.39, 0.29) is 0 Å². The molecule has 5 rings (SSSR count). The molecule has 0 amide bonds. The molecule has 1 saturated heterocycles. The zero-order valence-electron chi connectivity index (χ0n) is 16.2. The fraction of sp³-hybridized carbons (Fsp3) is 0.238. The Bertz CT molecular complexity index is 1130. The summed E-state index contributed by atoms with van der Waals surface area (Å²) in [5, 5.41) is 4.43. The van der Waals surface area contributed by atoms with Crippen LogP contribution < -0.4 is 10.6 Å². The predicted octanol–water partition coefficient (Wildman–Crippen LogP) is 2.19. The molecular weight excluding hydrogens is 364 g/mol. The average Bonchev–Trinajstić information content (AvgIpc) is 3.10. The Hall–Kier alpha value is -3.52. The van der Waals surface area contributed by atoms with Crippen molar-refractivity contribution in [3.8, 4) is 22.4 Å². The second-order valence-electron chi connectivity index (χ2n) is 7.28. The maximum atomic E-state index is 6.15. The summed E-state index contributed by atoms with van der Waals surface area (Å²) in [5.41, 5.74) is 10.3. The molecule has 0 aliphatic carbocycles. The van der Waals surface area contributed by atoms with E-state index in [1.807, 2.05) is 36.8 Å². The van der Waals surface area contributed by atoms with Gasteiger partial charge in [-0.05, 0) is 31.3 Å². The lowest BCUT2D eigenvalue weighted by molar-refractivity contribution is 0.312. The van der Waals surface area contributed by atoms with Crippen molar-refractivity contribution in [2.75, 3.05) is 43.9 Å². The smallest absolute Gasteiger partial charge is 0.166 e. The summed E-state index contributed by atoms with van der Waals surface area (Å²) in [4.78, 5) is 18.3. The summed E-state index contributed by atoms with van der Waals surface area (Å²) in [7, 11) is 2.15. The molecule has 146 valence electrons. The molecule has 4 aromatic heterocycles. The maximum Gasteiger partial charge on any atom is 0.166 e. The molecule has 0 spiro atoms. The Morgan fingerprint density at radius 2 is 1.72 bits per heavy atom. The van der Waals surface area contributed by atoms with Crippen LogP contribution in [0, 0.1) is 0 Å². The Kier molecular flexibility index (Phi) is 4.33. The van der Waals surface area contributed by atoms with Gasteiger partial charge in [0, 0.05) is 62.1 Å². The molecule has 5 heterocycles. The SMILES string of the molecule is CN1CCN(c2ccc(-c3cnc4c(-c5ccccn5)c(N)nn4c3)cn2)CC1. The fourth-order valence-electron chi connectivity index (χ4n) is 3.64. The third-order valence-electron chi connectivity index (χ3n) is 5.33. The quantitative estimate of drug-likeness (QED) is 0.577. The van der Waals surface area contributed by atoms with E-state index in [0.717, 1.165) is 54.4 Å². The molecule has 0 saturated carbocycles. The van der Waals surface area contributed by atoms with Crippen molar-refractivity contribution in [1.29, 1.82) is 0 Å². The van der Waals surface area contributed by atoms with E-state index in [2.05, 4.69) is 49.0 Å². The van der Waals surface area contributed by atoms with Crippen LogP contribution in [-0.2, 0) is 0 Å². The van der Waals surface area contributed by atoms with Gasteiger partial charge >= 0.3 is 0 Å². The summed E-state index contributed by atoms with van der Waals surface area (Å²) in [5.74, 6) is 1.42. The molecule has 8 nitrogen and oxygen atoms in total. The van der Waals surface area contributed by atoms with Crippen LogP contribution in [0.15, 0.2) is 55.1 Å². The number of anilines is 2. The van der Waals surface area contributed by atoms with E-state index in [4.69, 9.17) is 5.73 Å². The zero-order valence-corrected chi connectivity index (χ0v) is 16.2. The van der Waals surface area contributed by atoms with Crippen LogP contribution in [-0.4, -0.2) is 62.7 Å². The van der Waals surface area contributed by atoms with E-state index < -0.39 is 0 Å². The van der Waals surface area contributed by atoms with Crippen molar-refractivity contribution in [2.45, 2.75) is 0 Å². The highest BCUT2D eigenvalue weighted by Gasteiger charge is 2.17. The normalized spacial score (nSPS) is 15.1. The number of pyridine rings is 2. The minimum Gasteiger partial charge on any atom is -0.382 e. The first kappa shape index (κ1) is 17.6. The van der Waals surface area contributed by atoms with Crippen LogP contribution >= 0.6 is 0 Å². The van der Waals surface area contributed by atoms with Gasteiger partial charge in [-0.2, -0.15) is 0 Å². The number of nitrogens with zero attached hydrogens (tertiary/aromatic N) is 7. The Morgan fingerprint density at radius 3 is 2.45 bits per heavy atom. The summed E-state index contributed by atoms with van der Waals surface area (Å²) >= 11 is 0. The first-order valence-electron chi connectivity index (χ1n) is 9.64. The van der Waals surface area contributed by atoms with E-state index in [9.17, 15) is 0 Å². The highest BCUT2D eigenvalue weighted by molar-refractivity contribution is 5.84. The molecule has 8 heteroatoms. The minimum atomic E-state index is 0.414. The molecule has 2 N–H and O–H groups in total. The highest BCUT2D eigenvalue weighted by Crippen LogP contribution is 2.29. The molecule has 0 bridgehead atoms. The molecule has 1 aliphatic heterocycles. The number of fused-ring (bicyclic) bond motifs is 1. The van der Waals surface area contributed by atoms with Gasteiger partial charge in [0.2, 0.25) is 0 Å².